The lowest BCUT2D eigenvalue weighted by Crippen LogP contribution is -2.14. The third-order valence-electron chi connectivity index (χ3n) is 2.79. The zero-order valence-corrected chi connectivity index (χ0v) is 12.6. The van der Waals surface area contributed by atoms with E-state index in [4.69, 9.17) is 5.73 Å². The fraction of sp³-hybridized carbons (Fsp3) is 0.133. The van der Waals surface area contributed by atoms with Gasteiger partial charge >= 0.3 is 0 Å². The Bertz CT molecular complexity index is 586. The molecule has 0 saturated carbocycles. The smallest absolute Gasteiger partial charge is 0.157 e. The summed E-state index contributed by atoms with van der Waals surface area (Å²) in [5.74, 6) is 0.275. The molecule has 0 aromatic heterocycles. The van der Waals surface area contributed by atoms with E-state index in [0.717, 1.165) is 11.1 Å². The average Bonchev–Trinajstić information content (AvgIpc) is 2.43. The van der Waals surface area contributed by atoms with Crippen LogP contribution in [0.5, 0.6) is 11.5 Å². The standard InChI is InChI=1S/C15H16N2O2.BrH/c16-15(12-4-2-1-3-5-12)17-9-8-11-6-7-13(18)14(19)10-11;/h1-7,10,18-19H,8-9H2,(H2,16,17);1H. The number of phenolic OH excluding ortho intramolecular Hbond substituents is 2. The molecule has 5 heteroatoms. The molecule has 0 atom stereocenters. The van der Waals surface area contributed by atoms with Crippen molar-refractivity contribution in [3.8, 4) is 11.5 Å². The number of aromatic hydroxyl groups is 2. The summed E-state index contributed by atoms with van der Waals surface area (Å²) in [5.41, 5.74) is 7.68. The number of amidine groups is 1. The molecule has 0 saturated heterocycles. The summed E-state index contributed by atoms with van der Waals surface area (Å²) in [7, 11) is 0. The van der Waals surface area contributed by atoms with Gasteiger partial charge in [0.05, 0.1) is 0 Å². The maximum Gasteiger partial charge on any atom is 0.157 e. The van der Waals surface area contributed by atoms with Crippen LogP contribution in [-0.4, -0.2) is 22.6 Å². The first-order chi connectivity index (χ1) is 9.16. The highest BCUT2D eigenvalue weighted by Gasteiger charge is 2.01. The topological polar surface area (TPSA) is 78.8 Å². The lowest BCUT2D eigenvalue weighted by molar-refractivity contribution is 0.403. The maximum absolute atomic E-state index is 9.38. The Kier molecular flexibility index (Phi) is 6.06. The number of halogens is 1. The summed E-state index contributed by atoms with van der Waals surface area (Å²) in [6, 6.07) is 14.3. The van der Waals surface area contributed by atoms with Crippen molar-refractivity contribution in [3.63, 3.8) is 0 Å². The number of phenols is 2. The molecular weight excluding hydrogens is 320 g/mol. The van der Waals surface area contributed by atoms with Gasteiger partial charge in [0.15, 0.2) is 11.5 Å². The van der Waals surface area contributed by atoms with Crippen LogP contribution in [-0.2, 0) is 6.42 Å². The number of nitrogens with two attached hydrogens (primary N) is 1. The lowest BCUT2D eigenvalue weighted by atomic mass is 10.1. The van der Waals surface area contributed by atoms with Crippen LogP contribution in [0.3, 0.4) is 0 Å². The molecule has 2 aromatic rings. The highest BCUT2D eigenvalue weighted by atomic mass is 79.9. The van der Waals surface area contributed by atoms with Gasteiger partial charge < -0.3 is 15.9 Å². The van der Waals surface area contributed by atoms with Crippen molar-refractivity contribution in [2.24, 2.45) is 10.7 Å². The molecule has 4 N–H and O–H groups in total. The predicted octanol–water partition coefficient (Wildman–Crippen LogP) is 2.62. The van der Waals surface area contributed by atoms with Crippen molar-refractivity contribution in [3.05, 3.63) is 59.7 Å². The fourth-order valence-electron chi connectivity index (χ4n) is 1.73. The quantitative estimate of drug-likeness (QED) is 0.456. The first-order valence-electron chi connectivity index (χ1n) is 6.03. The van der Waals surface area contributed by atoms with E-state index in [1.165, 1.54) is 12.1 Å². The molecule has 0 aliphatic heterocycles. The normalized spacial score (nSPS) is 10.9. The van der Waals surface area contributed by atoms with E-state index in [-0.39, 0.29) is 28.5 Å². The number of rotatable bonds is 4. The molecule has 2 aromatic carbocycles. The highest BCUT2D eigenvalue weighted by Crippen LogP contribution is 2.24. The van der Waals surface area contributed by atoms with Crippen molar-refractivity contribution in [1.29, 1.82) is 0 Å². The van der Waals surface area contributed by atoms with Crippen LogP contribution < -0.4 is 5.73 Å². The zero-order chi connectivity index (χ0) is 13.7. The second-order valence-corrected chi connectivity index (χ2v) is 4.21. The van der Waals surface area contributed by atoms with Crippen LogP contribution in [0.2, 0.25) is 0 Å². The minimum absolute atomic E-state index is 0. The number of nitrogens with zero attached hydrogens (tertiary/aromatic N) is 1. The first-order valence-corrected chi connectivity index (χ1v) is 6.03. The van der Waals surface area contributed by atoms with E-state index in [1.54, 1.807) is 6.07 Å². The molecule has 0 aliphatic carbocycles. The van der Waals surface area contributed by atoms with Crippen molar-refractivity contribution >= 4 is 22.8 Å². The molecule has 20 heavy (non-hydrogen) atoms. The molecule has 0 radical (unpaired) electrons. The van der Waals surface area contributed by atoms with Crippen LogP contribution in [0.4, 0.5) is 0 Å². The van der Waals surface area contributed by atoms with Crippen molar-refractivity contribution in [2.45, 2.75) is 6.42 Å². The van der Waals surface area contributed by atoms with Crippen LogP contribution in [0.1, 0.15) is 11.1 Å². The molecule has 2 rings (SSSR count). The average molecular weight is 337 g/mol. The van der Waals surface area contributed by atoms with Gasteiger partial charge in [-0.1, -0.05) is 36.4 Å². The number of benzene rings is 2. The van der Waals surface area contributed by atoms with Gasteiger partial charge in [-0.2, -0.15) is 0 Å². The molecular formula is C15H17BrN2O2. The Morgan fingerprint density at radius 2 is 1.70 bits per heavy atom. The van der Waals surface area contributed by atoms with Gasteiger partial charge in [-0.3, -0.25) is 4.99 Å². The Hall–Kier alpha value is -2.01. The number of hydrogen-bond donors (Lipinski definition) is 3. The van der Waals surface area contributed by atoms with Gasteiger partial charge in [-0.05, 0) is 24.1 Å². The molecule has 0 heterocycles. The fourth-order valence-corrected chi connectivity index (χ4v) is 1.73. The molecule has 0 amide bonds. The zero-order valence-electron chi connectivity index (χ0n) is 10.9. The van der Waals surface area contributed by atoms with E-state index in [1.807, 2.05) is 30.3 Å². The molecule has 0 fully saturated rings. The van der Waals surface area contributed by atoms with Gasteiger partial charge in [0.25, 0.3) is 0 Å². The van der Waals surface area contributed by atoms with Crippen LogP contribution in [0.25, 0.3) is 0 Å². The van der Waals surface area contributed by atoms with Gasteiger partial charge in [0, 0.05) is 12.1 Å². The first kappa shape index (κ1) is 16.0. The molecule has 0 bridgehead atoms. The monoisotopic (exact) mass is 336 g/mol. The summed E-state index contributed by atoms with van der Waals surface area (Å²) in [6.45, 7) is 0.533. The van der Waals surface area contributed by atoms with E-state index in [9.17, 15) is 10.2 Å². The summed E-state index contributed by atoms with van der Waals surface area (Å²) in [4.78, 5) is 4.29. The Morgan fingerprint density at radius 1 is 1.00 bits per heavy atom. The minimum atomic E-state index is -0.115. The maximum atomic E-state index is 9.38. The second-order valence-electron chi connectivity index (χ2n) is 4.21. The summed E-state index contributed by atoms with van der Waals surface area (Å²) in [5, 5.41) is 18.6. The largest absolute Gasteiger partial charge is 0.504 e. The van der Waals surface area contributed by atoms with E-state index in [2.05, 4.69) is 4.99 Å². The van der Waals surface area contributed by atoms with Crippen LogP contribution >= 0.6 is 17.0 Å². The van der Waals surface area contributed by atoms with Gasteiger partial charge in [0.1, 0.15) is 5.84 Å². The van der Waals surface area contributed by atoms with Gasteiger partial charge in [0.2, 0.25) is 0 Å². The Morgan fingerprint density at radius 3 is 2.35 bits per heavy atom. The van der Waals surface area contributed by atoms with Crippen molar-refractivity contribution < 1.29 is 10.2 Å². The number of hydrogen-bond acceptors (Lipinski definition) is 3. The third-order valence-corrected chi connectivity index (χ3v) is 2.79. The minimum Gasteiger partial charge on any atom is -0.504 e. The van der Waals surface area contributed by atoms with Gasteiger partial charge in [-0.15, -0.1) is 17.0 Å². The number of aliphatic imine (C=N–C) groups is 1. The molecule has 0 unspecified atom stereocenters. The van der Waals surface area contributed by atoms with Gasteiger partial charge in [-0.25, -0.2) is 0 Å². The van der Waals surface area contributed by atoms with E-state index in [0.29, 0.717) is 18.8 Å². The summed E-state index contributed by atoms with van der Waals surface area (Å²) in [6.07, 6.45) is 0.654. The molecule has 106 valence electrons. The Balaban J connectivity index is 0.00000200. The lowest BCUT2D eigenvalue weighted by Gasteiger charge is -2.03. The van der Waals surface area contributed by atoms with Crippen molar-refractivity contribution in [1.82, 2.24) is 0 Å². The third kappa shape index (κ3) is 4.28. The Labute approximate surface area is 128 Å². The van der Waals surface area contributed by atoms with Crippen LogP contribution in [0.15, 0.2) is 53.5 Å². The molecule has 4 nitrogen and oxygen atoms in total. The highest BCUT2D eigenvalue weighted by molar-refractivity contribution is 8.93. The van der Waals surface area contributed by atoms with Crippen molar-refractivity contribution in [2.75, 3.05) is 6.54 Å². The second kappa shape index (κ2) is 7.55. The molecule has 0 aliphatic rings. The summed E-state index contributed by atoms with van der Waals surface area (Å²) < 4.78 is 0. The predicted molar refractivity (Wildman–Crippen MR) is 85.8 cm³/mol. The summed E-state index contributed by atoms with van der Waals surface area (Å²) >= 11 is 0. The van der Waals surface area contributed by atoms with E-state index >= 15 is 0 Å². The SMILES string of the molecule is Br.NC(=NCCc1ccc(O)c(O)c1)c1ccccc1. The molecule has 0 spiro atoms. The van der Waals surface area contributed by atoms with Crippen LogP contribution in [0, 0.1) is 0 Å². The van der Waals surface area contributed by atoms with E-state index < -0.39 is 0 Å².